The van der Waals surface area contributed by atoms with E-state index in [9.17, 15) is 0 Å². The number of hydrogen-bond acceptors (Lipinski definition) is 2. The highest BCUT2D eigenvalue weighted by Crippen LogP contribution is 2.22. The molecule has 1 saturated carbocycles. The van der Waals surface area contributed by atoms with Crippen molar-refractivity contribution < 1.29 is 9.84 Å². The van der Waals surface area contributed by atoms with Crippen molar-refractivity contribution in [2.24, 2.45) is 5.41 Å². The van der Waals surface area contributed by atoms with E-state index in [4.69, 9.17) is 9.84 Å². The zero-order valence-corrected chi connectivity index (χ0v) is 9.59. The fourth-order valence-electron chi connectivity index (χ4n) is 1.80. The Hall–Kier alpha value is -0.0800. The van der Waals surface area contributed by atoms with Crippen LogP contribution in [-0.2, 0) is 4.74 Å². The number of rotatable bonds is 4. The summed E-state index contributed by atoms with van der Waals surface area (Å²) in [6.07, 6.45) is 8.22. The average Bonchev–Trinajstić information content (AvgIpc) is 2.43. The molecule has 84 valence electrons. The maximum Gasteiger partial charge on any atom is 0.0575 e. The molecule has 0 amide bonds. The van der Waals surface area contributed by atoms with Crippen molar-refractivity contribution >= 4 is 0 Å². The van der Waals surface area contributed by atoms with Gasteiger partial charge in [-0.25, -0.2) is 0 Å². The molecule has 0 atom stereocenters. The van der Waals surface area contributed by atoms with Gasteiger partial charge in [-0.15, -0.1) is 0 Å². The van der Waals surface area contributed by atoms with Crippen LogP contribution in [0.1, 0.15) is 52.4 Å². The van der Waals surface area contributed by atoms with Crippen LogP contribution in [0.5, 0.6) is 0 Å². The van der Waals surface area contributed by atoms with Crippen LogP contribution in [0.2, 0.25) is 0 Å². The van der Waals surface area contributed by atoms with E-state index < -0.39 is 0 Å². The van der Waals surface area contributed by atoms with Crippen LogP contribution < -0.4 is 0 Å². The lowest BCUT2D eigenvalue weighted by molar-refractivity contribution is -0.0228. The zero-order valence-electron chi connectivity index (χ0n) is 9.59. The number of ether oxygens (including phenoxy) is 1. The van der Waals surface area contributed by atoms with E-state index >= 15 is 0 Å². The third kappa shape index (κ3) is 4.43. The zero-order chi connectivity index (χ0) is 10.4. The van der Waals surface area contributed by atoms with E-state index in [1.165, 1.54) is 38.5 Å². The standard InChI is InChI=1S/C12H24O2/c1-12(2,9-13)10-14-11-7-5-3-4-6-8-11/h11,13H,3-10H2,1-2H3. The van der Waals surface area contributed by atoms with E-state index in [1.807, 2.05) is 13.8 Å². The van der Waals surface area contributed by atoms with Crippen molar-refractivity contribution in [3.05, 3.63) is 0 Å². The Morgan fingerprint density at radius 3 is 2.21 bits per heavy atom. The molecule has 14 heavy (non-hydrogen) atoms. The monoisotopic (exact) mass is 200 g/mol. The molecule has 2 heteroatoms. The van der Waals surface area contributed by atoms with Gasteiger partial charge >= 0.3 is 0 Å². The predicted octanol–water partition coefficient (Wildman–Crippen LogP) is 2.74. The van der Waals surface area contributed by atoms with Crippen LogP contribution in [0.3, 0.4) is 0 Å². The van der Waals surface area contributed by atoms with Crippen molar-refractivity contribution in [1.82, 2.24) is 0 Å². The fraction of sp³-hybridized carbons (Fsp3) is 1.00. The van der Waals surface area contributed by atoms with Crippen LogP contribution in [0.4, 0.5) is 0 Å². The molecular formula is C12H24O2. The van der Waals surface area contributed by atoms with Gasteiger partial charge in [-0.2, -0.15) is 0 Å². The van der Waals surface area contributed by atoms with Crippen molar-refractivity contribution in [3.8, 4) is 0 Å². The second-order valence-corrected chi connectivity index (χ2v) is 5.25. The molecule has 0 aliphatic heterocycles. The Morgan fingerprint density at radius 1 is 1.14 bits per heavy atom. The summed E-state index contributed by atoms with van der Waals surface area (Å²) in [6, 6.07) is 0. The molecule has 0 aromatic rings. The molecule has 0 spiro atoms. The van der Waals surface area contributed by atoms with E-state index in [1.54, 1.807) is 0 Å². The minimum Gasteiger partial charge on any atom is -0.396 e. The summed E-state index contributed by atoms with van der Waals surface area (Å²) >= 11 is 0. The van der Waals surface area contributed by atoms with Gasteiger partial charge in [-0.05, 0) is 12.8 Å². The third-order valence-electron chi connectivity index (χ3n) is 2.94. The first-order chi connectivity index (χ1) is 6.64. The van der Waals surface area contributed by atoms with Gasteiger partial charge in [0.15, 0.2) is 0 Å². The van der Waals surface area contributed by atoms with E-state index in [-0.39, 0.29) is 12.0 Å². The molecule has 0 unspecified atom stereocenters. The molecule has 0 heterocycles. The first-order valence-corrected chi connectivity index (χ1v) is 5.86. The highest BCUT2D eigenvalue weighted by atomic mass is 16.5. The van der Waals surface area contributed by atoms with E-state index in [0.717, 1.165) is 0 Å². The lowest BCUT2D eigenvalue weighted by atomic mass is 9.96. The molecule has 2 nitrogen and oxygen atoms in total. The first kappa shape index (κ1) is 12.0. The Morgan fingerprint density at radius 2 is 1.71 bits per heavy atom. The van der Waals surface area contributed by atoms with Gasteiger partial charge in [0.05, 0.1) is 19.3 Å². The average molecular weight is 200 g/mol. The first-order valence-electron chi connectivity index (χ1n) is 5.86. The van der Waals surface area contributed by atoms with Gasteiger partial charge in [0, 0.05) is 5.41 Å². The second kappa shape index (κ2) is 5.72. The number of aliphatic hydroxyl groups is 1. The van der Waals surface area contributed by atoms with E-state index in [2.05, 4.69) is 0 Å². The Labute approximate surface area is 87.7 Å². The molecule has 1 aliphatic rings. The van der Waals surface area contributed by atoms with Gasteiger partial charge in [0.1, 0.15) is 0 Å². The van der Waals surface area contributed by atoms with E-state index in [0.29, 0.717) is 12.7 Å². The summed E-state index contributed by atoms with van der Waals surface area (Å²) in [5.41, 5.74) is -0.0771. The van der Waals surface area contributed by atoms with Crippen LogP contribution in [0.15, 0.2) is 0 Å². The van der Waals surface area contributed by atoms with Crippen LogP contribution >= 0.6 is 0 Å². The van der Waals surface area contributed by atoms with Crippen molar-refractivity contribution in [3.63, 3.8) is 0 Å². The van der Waals surface area contributed by atoms with Crippen molar-refractivity contribution in [2.45, 2.75) is 58.5 Å². The molecule has 1 aliphatic carbocycles. The van der Waals surface area contributed by atoms with Crippen molar-refractivity contribution in [1.29, 1.82) is 0 Å². The maximum absolute atomic E-state index is 9.10. The molecule has 1 N–H and O–H groups in total. The molecular weight excluding hydrogens is 176 g/mol. The fourth-order valence-corrected chi connectivity index (χ4v) is 1.80. The smallest absolute Gasteiger partial charge is 0.0575 e. The van der Waals surface area contributed by atoms with Gasteiger partial charge in [-0.1, -0.05) is 39.5 Å². The Bertz CT molecular complexity index is 146. The molecule has 1 rings (SSSR count). The van der Waals surface area contributed by atoms with Crippen molar-refractivity contribution in [2.75, 3.05) is 13.2 Å². The van der Waals surface area contributed by atoms with Crippen LogP contribution in [-0.4, -0.2) is 24.4 Å². The second-order valence-electron chi connectivity index (χ2n) is 5.25. The third-order valence-corrected chi connectivity index (χ3v) is 2.94. The summed E-state index contributed by atoms with van der Waals surface area (Å²) in [5, 5.41) is 9.10. The number of aliphatic hydroxyl groups excluding tert-OH is 1. The van der Waals surface area contributed by atoms with Gasteiger partial charge in [-0.3, -0.25) is 0 Å². The normalized spacial score (nSPS) is 20.8. The summed E-state index contributed by atoms with van der Waals surface area (Å²) in [5.74, 6) is 0. The van der Waals surface area contributed by atoms with Crippen LogP contribution in [0.25, 0.3) is 0 Å². The SMILES string of the molecule is CC(C)(CO)COC1CCCCCC1. The minimum absolute atomic E-state index is 0.0771. The molecule has 0 aromatic carbocycles. The largest absolute Gasteiger partial charge is 0.396 e. The summed E-state index contributed by atoms with van der Waals surface area (Å²) in [7, 11) is 0. The van der Waals surface area contributed by atoms with Crippen LogP contribution in [0, 0.1) is 5.41 Å². The highest BCUT2D eigenvalue weighted by Gasteiger charge is 2.20. The predicted molar refractivity (Wildman–Crippen MR) is 58.3 cm³/mol. The lowest BCUT2D eigenvalue weighted by Gasteiger charge is -2.25. The maximum atomic E-state index is 9.10. The number of hydrogen-bond donors (Lipinski definition) is 1. The lowest BCUT2D eigenvalue weighted by Crippen LogP contribution is -2.27. The molecule has 0 aromatic heterocycles. The molecule has 1 fully saturated rings. The quantitative estimate of drug-likeness (QED) is 0.707. The summed E-state index contributed by atoms with van der Waals surface area (Å²) < 4.78 is 5.86. The molecule has 0 bridgehead atoms. The topological polar surface area (TPSA) is 29.5 Å². The molecule has 0 saturated heterocycles. The molecule has 0 radical (unpaired) electrons. The minimum atomic E-state index is -0.0771. The van der Waals surface area contributed by atoms with Gasteiger partial charge in [0.25, 0.3) is 0 Å². The summed E-state index contributed by atoms with van der Waals surface area (Å²) in [4.78, 5) is 0. The Kier molecular flexibility index (Phi) is 4.90. The summed E-state index contributed by atoms with van der Waals surface area (Å²) in [6.45, 7) is 4.99. The van der Waals surface area contributed by atoms with Gasteiger partial charge in [0.2, 0.25) is 0 Å². The van der Waals surface area contributed by atoms with Gasteiger partial charge < -0.3 is 9.84 Å². The Balaban J connectivity index is 2.22. The highest BCUT2D eigenvalue weighted by molar-refractivity contribution is 4.69.